The van der Waals surface area contributed by atoms with Crippen molar-refractivity contribution in [2.24, 2.45) is 5.92 Å². The summed E-state index contributed by atoms with van der Waals surface area (Å²) in [6, 6.07) is 5.51. The van der Waals surface area contributed by atoms with Gasteiger partial charge in [0, 0.05) is 18.0 Å². The molecule has 2 N–H and O–H groups in total. The number of carbonyl (C=O) groups is 1. The van der Waals surface area contributed by atoms with Crippen molar-refractivity contribution in [1.82, 2.24) is 10.3 Å². The van der Waals surface area contributed by atoms with E-state index < -0.39 is 0 Å². The Balaban J connectivity index is 1.59. The Kier molecular flexibility index (Phi) is 6.33. The third-order valence-corrected chi connectivity index (χ3v) is 5.42. The van der Waals surface area contributed by atoms with Crippen LogP contribution in [0.1, 0.15) is 42.6 Å². The minimum Gasteiger partial charge on any atom is -0.497 e. The van der Waals surface area contributed by atoms with Crippen LogP contribution in [0.2, 0.25) is 0 Å². The molecule has 0 aliphatic heterocycles. The summed E-state index contributed by atoms with van der Waals surface area (Å²) in [6.45, 7) is 0.741. The molecule has 1 amide bonds. The average Bonchev–Trinajstić information content (AvgIpc) is 3.16. The van der Waals surface area contributed by atoms with Gasteiger partial charge in [0.2, 0.25) is 0 Å². The summed E-state index contributed by atoms with van der Waals surface area (Å²) in [5, 5.41) is 8.64. The van der Waals surface area contributed by atoms with E-state index in [1.807, 2.05) is 12.1 Å². The second kappa shape index (κ2) is 8.89. The fourth-order valence-corrected chi connectivity index (χ4v) is 3.87. The van der Waals surface area contributed by atoms with Gasteiger partial charge in [0.05, 0.1) is 19.9 Å². The Morgan fingerprint density at radius 3 is 2.77 bits per heavy atom. The number of carbonyl (C=O) groups excluding carboxylic acids is 1. The summed E-state index contributed by atoms with van der Waals surface area (Å²) in [4.78, 5) is 16.7. The number of hydrogen-bond acceptors (Lipinski definition) is 6. The number of nitrogens with one attached hydrogen (secondary N) is 2. The van der Waals surface area contributed by atoms with E-state index in [1.165, 1.54) is 43.4 Å². The molecule has 0 saturated heterocycles. The summed E-state index contributed by atoms with van der Waals surface area (Å²) in [5.41, 5.74) is 1.22. The molecule has 26 heavy (non-hydrogen) atoms. The van der Waals surface area contributed by atoms with E-state index in [0.29, 0.717) is 28.2 Å². The standard InChI is InChI=1S/C19H25N3O3S/c1-24-14-8-9-15(17(10-14)25-2)21-19-22-16(12-26-19)18(23)20-11-13-6-4-3-5-7-13/h8-10,12-13H,3-7,11H2,1-2H3,(H,20,23)(H,21,22). The van der Waals surface area contributed by atoms with E-state index in [-0.39, 0.29) is 5.91 Å². The number of amides is 1. The minimum atomic E-state index is -0.110. The number of rotatable bonds is 7. The maximum Gasteiger partial charge on any atom is 0.270 e. The van der Waals surface area contributed by atoms with Gasteiger partial charge in [-0.05, 0) is 30.9 Å². The van der Waals surface area contributed by atoms with Crippen molar-refractivity contribution in [3.63, 3.8) is 0 Å². The Morgan fingerprint density at radius 2 is 2.04 bits per heavy atom. The normalized spacial score (nSPS) is 14.7. The van der Waals surface area contributed by atoms with Crippen molar-refractivity contribution in [3.05, 3.63) is 29.3 Å². The zero-order valence-electron chi connectivity index (χ0n) is 15.2. The van der Waals surface area contributed by atoms with Gasteiger partial charge in [-0.25, -0.2) is 4.98 Å². The monoisotopic (exact) mass is 375 g/mol. The zero-order valence-corrected chi connectivity index (χ0v) is 16.0. The first-order valence-electron chi connectivity index (χ1n) is 8.92. The lowest BCUT2D eigenvalue weighted by Crippen LogP contribution is -2.30. The number of thiazole rings is 1. The van der Waals surface area contributed by atoms with Crippen molar-refractivity contribution < 1.29 is 14.3 Å². The summed E-state index contributed by atoms with van der Waals surface area (Å²) in [5.74, 6) is 1.87. The highest BCUT2D eigenvalue weighted by atomic mass is 32.1. The predicted molar refractivity (Wildman–Crippen MR) is 104 cm³/mol. The van der Waals surface area contributed by atoms with Gasteiger partial charge in [0.15, 0.2) is 5.13 Å². The molecule has 1 aliphatic rings. The molecule has 1 aromatic carbocycles. The Labute approximate surface area is 157 Å². The third-order valence-electron chi connectivity index (χ3n) is 4.66. The van der Waals surface area contributed by atoms with E-state index in [1.54, 1.807) is 25.7 Å². The molecule has 7 heteroatoms. The quantitative estimate of drug-likeness (QED) is 0.758. The summed E-state index contributed by atoms with van der Waals surface area (Å²) < 4.78 is 10.6. The van der Waals surface area contributed by atoms with Crippen molar-refractivity contribution in [3.8, 4) is 11.5 Å². The number of nitrogens with zero attached hydrogens (tertiary/aromatic N) is 1. The van der Waals surface area contributed by atoms with Gasteiger partial charge in [0.1, 0.15) is 17.2 Å². The zero-order chi connectivity index (χ0) is 18.4. The molecule has 1 fully saturated rings. The molecule has 0 bridgehead atoms. The van der Waals surface area contributed by atoms with Crippen LogP contribution in [0.5, 0.6) is 11.5 Å². The van der Waals surface area contributed by atoms with Crippen molar-refractivity contribution in [2.45, 2.75) is 32.1 Å². The van der Waals surface area contributed by atoms with Gasteiger partial charge in [0.25, 0.3) is 5.91 Å². The van der Waals surface area contributed by atoms with E-state index in [2.05, 4.69) is 15.6 Å². The molecule has 1 saturated carbocycles. The summed E-state index contributed by atoms with van der Waals surface area (Å²) in [6.07, 6.45) is 6.28. The maximum atomic E-state index is 12.3. The van der Waals surface area contributed by atoms with Gasteiger partial charge in [-0.15, -0.1) is 11.3 Å². The number of ether oxygens (including phenoxy) is 2. The van der Waals surface area contributed by atoms with Crippen LogP contribution >= 0.6 is 11.3 Å². The first kappa shape index (κ1) is 18.5. The lowest BCUT2D eigenvalue weighted by molar-refractivity contribution is 0.0939. The van der Waals surface area contributed by atoms with Crippen LogP contribution in [0.15, 0.2) is 23.6 Å². The second-order valence-electron chi connectivity index (χ2n) is 6.44. The van der Waals surface area contributed by atoms with Crippen molar-refractivity contribution in [2.75, 3.05) is 26.1 Å². The number of aromatic nitrogens is 1. The molecule has 0 spiro atoms. The van der Waals surface area contributed by atoms with E-state index in [4.69, 9.17) is 9.47 Å². The fraction of sp³-hybridized carbons (Fsp3) is 0.474. The summed E-state index contributed by atoms with van der Waals surface area (Å²) >= 11 is 1.39. The molecular formula is C19H25N3O3S. The van der Waals surface area contributed by atoms with Crippen LogP contribution in [0.25, 0.3) is 0 Å². The molecule has 1 aliphatic carbocycles. The highest BCUT2D eigenvalue weighted by Crippen LogP contribution is 2.32. The maximum absolute atomic E-state index is 12.3. The molecule has 3 rings (SSSR count). The first-order chi connectivity index (χ1) is 12.7. The largest absolute Gasteiger partial charge is 0.497 e. The van der Waals surface area contributed by atoms with E-state index >= 15 is 0 Å². The van der Waals surface area contributed by atoms with Gasteiger partial charge in [-0.2, -0.15) is 0 Å². The van der Waals surface area contributed by atoms with Gasteiger partial charge in [-0.3, -0.25) is 4.79 Å². The highest BCUT2D eigenvalue weighted by Gasteiger charge is 2.17. The SMILES string of the molecule is COc1ccc(Nc2nc(C(=O)NCC3CCCCC3)cs2)c(OC)c1. The van der Waals surface area contributed by atoms with Crippen molar-refractivity contribution >= 4 is 28.1 Å². The van der Waals surface area contributed by atoms with Gasteiger partial charge >= 0.3 is 0 Å². The number of anilines is 2. The molecular weight excluding hydrogens is 350 g/mol. The minimum absolute atomic E-state index is 0.110. The molecule has 140 valence electrons. The number of hydrogen-bond donors (Lipinski definition) is 2. The highest BCUT2D eigenvalue weighted by molar-refractivity contribution is 7.14. The molecule has 1 heterocycles. The molecule has 2 aromatic rings. The third kappa shape index (κ3) is 4.66. The number of methoxy groups -OCH3 is 2. The van der Waals surface area contributed by atoms with Crippen LogP contribution < -0.4 is 20.1 Å². The molecule has 0 radical (unpaired) electrons. The smallest absolute Gasteiger partial charge is 0.270 e. The summed E-state index contributed by atoms with van der Waals surface area (Å²) in [7, 11) is 3.22. The molecule has 1 aromatic heterocycles. The Bertz CT molecular complexity index is 741. The van der Waals surface area contributed by atoms with Gasteiger partial charge in [-0.1, -0.05) is 19.3 Å². The first-order valence-corrected chi connectivity index (χ1v) is 9.80. The molecule has 0 unspecified atom stereocenters. The van der Waals surface area contributed by atoms with Crippen LogP contribution in [0.4, 0.5) is 10.8 Å². The lowest BCUT2D eigenvalue weighted by atomic mass is 9.89. The molecule has 6 nitrogen and oxygen atoms in total. The van der Waals surface area contributed by atoms with Gasteiger partial charge < -0.3 is 20.1 Å². The van der Waals surface area contributed by atoms with Crippen LogP contribution in [0.3, 0.4) is 0 Å². The topological polar surface area (TPSA) is 72.5 Å². The van der Waals surface area contributed by atoms with Crippen LogP contribution in [-0.4, -0.2) is 31.7 Å². The van der Waals surface area contributed by atoms with Crippen LogP contribution in [0, 0.1) is 5.92 Å². The lowest BCUT2D eigenvalue weighted by Gasteiger charge is -2.21. The Morgan fingerprint density at radius 1 is 1.23 bits per heavy atom. The van der Waals surface area contributed by atoms with Crippen molar-refractivity contribution in [1.29, 1.82) is 0 Å². The average molecular weight is 375 g/mol. The Hall–Kier alpha value is -2.28. The molecule has 0 atom stereocenters. The number of benzene rings is 1. The van der Waals surface area contributed by atoms with E-state index in [9.17, 15) is 4.79 Å². The predicted octanol–water partition coefficient (Wildman–Crippen LogP) is 4.21. The second-order valence-corrected chi connectivity index (χ2v) is 7.30. The fourth-order valence-electron chi connectivity index (χ4n) is 3.17. The van der Waals surface area contributed by atoms with E-state index in [0.717, 1.165) is 12.2 Å². The van der Waals surface area contributed by atoms with Crippen LogP contribution in [-0.2, 0) is 0 Å².